The van der Waals surface area contributed by atoms with E-state index in [-0.39, 0.29) is 25.0 Å². The molecule has 4 N–H and O–H groups in total. The Morgan fingerprint density at radius 1 is 1.62 bits per heavy atom. The number of aryl methyl sites for hydroxylation is 1. The van der Waals surface area contributed by atoms with Gasteiger partial charge in [-0.05, 0) is 30.7 Å². The van der Waals surface area contributed by atoms with Crippen molar-refractivity contribution in [3.05, 3.63) is 22.0 Å². The van der Waals surface area contributed by atoms with Crippen LogP contribution in [0, 0.1) is 23.0 Å². The zero-order valence-electron chi connectivity index (χ0n) is 14.1. The Bertz CT molecular complexity index is 562. The number of rotatable bonds is 10. The molecular formula is C14H25N5O5. The van der Waals surface area contributed by atoms with Crippen LogP contribution in [0.1, 0.15) is 19.0 Å². The van der Waals surface area contributed by atoms with Gasteiger partial charge in [-0.1, -0.05) is 11.9 Å². The van der Waals surface area contributed by atoms with Crippen molar-refractivity contribution < 1.29 is 19.6 Å². The molecule has 1 aromatic rings. The molecule has 3 unspecified atom stereocenters. The van der Waals surface area contributed by atoms with E-state index in [9.17, 15) is 20.0 Å². The lowest BCUT2D eigenvalue weighted by Gasteiger charge is -2.21. The van der Waals surface area contributed by atoms with Crippen molar-refractivity contribution in [2.24, 2.45) is 11.7 Å². The minimum Gasteiger partial charge on any atom is -0.468 e. The third-order valence-electron chi connectivity index (χ3n) is 3.72. The lowest BCUT2D eigenvalue weighted by molar-refractivity contribution is -0.397. The molecular weight excluding hydrogens is 318 g/mol. The molecule has 0 saturated carbocycles. The van der Waals surface area contributed by atoms with Crippen molar-refractivity contribution >= 4 is 11.9 Å². The summed E-state index contributed by atoms with van der Waals surface area (Å²) in [5.74, 6) is -0.657. The predicted octanol–water partition coefficient (Wildman–Crippen LogP) is -0.423. The molecule has 10 heteroatoms. The number of nitrogens with zero attached hydrogens (tertiary/aromatic N) is 3. The van der Waals surface area contributed by atoms with Crippen LogP contribution < -0.4 is 11.1 Å². The summed E-state index contributed by atoms with van der Waals surface area (Å²) in [6, 6.07) is -0.595. The third kappa shape index (κ3) is 5.55. The largest absolute Gasteiger partial charge is 0.468 e. The number of aromatic nitrogens is 2. The number of methoxy groups -OCH3 is 1. The quantitative estimate of drug-likeness (QED) is 0.295. The van der Waals surface area contributed by atoms with Crippen molar-refractivity contribution in [3.8, 4) is 0 Å². The van der Waals surface area contributed by atoms with E-state index in [1.165, 1.54) is 17.9 Å². The minimum absolute atomic E-state index is 0.00448. The molecule has 0 radical (unpaired) electrons. The van der Waals surface area contributed by atoms with Crippen LogP contribution in [0.15, 0.2) is 6.20 Å². The molecule has 0 amide bonds. The van der Waals surface area contributed by atoms with Crippen LogP contribution in [-0.4, -0.2) is 57.9 Å². The molecule has 0 fully saturated rings. The topological polar surface area (TPSA) is 146 Å². The normalized spacial score (nSPS) is 14.9. The minimum atomic E-state index is -0.933. The highest BCUT2D eigenvalue weighted by molar-refractivity contribution is 5.75. The summed E-state index contributed by atoms with van der Waals surface area (Å²) in [4.78, 5) is 25.8. The first-order valence-electron chi connectivity index (χ1n) is 7.66. The lowest BCUT2D eigenvalue weighted by Crippen LogP contribution is -2.44. The zero-order valence-corrected chi connectivity index (χ0v) is 14.1. The molecule has 0 bridgehead atoms. The number of imidazole rings is 1. The fourth-order valence-corrected chi connectivity index (χ4v) is 2.28. The summed E-state index contributed by atoms with van der Waals surface area (Å²) in [5, 5.41) is 24.0. The van der Waals surface area contributed by atoms with Crippen LogP contribution in [0.25, 0.3) is 0 Å². The second kappa shape index (κ2) is 9.30. The molecule has 1 aromatic heterocycles. The number of carbonyl (C=O) groups excluding carboxylic acids is 1. The molecule has 0 aliphatic rings. The van der Waals surface area contributed by atoms with E-state index in [4.69, 9.17) is 10.5 Å². The average molecular weight is 343 g/mol. The van der Waals surface area contributed by atoms with Crippen molar-refractivity contribution in [1.82, 2.24) is 14.9 Å². The Hall–Kier alpha value is -2.04. The zero-order chi connectivity index (χ0) is 18.3. The Morgan fingerprint density at radius 3 is 2.83 bits per heavy atom. The van der Waals surface area contributed by atoms with Gasteiger partial charge in [0.2, 0.25) is 0 Å². The van der Waals surface area contributed by atoms with Crippen molar-refractivity contribution in [2.75, 3.05) is 20.2 Å². The van der Waals surface area contributed by atoms with Crippen molar-refractivity contribution in [1.29, 1.82) is 0 Å². The van der Waals surface area contributed by atoms with E-state index in [1.807, 2.05) is 6.92 Å². The maximum absolute atomic E-state index is 11.8. The van der Waals surface area contributed by atoms with E-state index < -0.39 is 23.0 Å². The van der Waals surface area contributed by atoms with Crippen molar-refractivity contribution in [2.45, 2.75) is 39.0 Å². The first-order chi connectivity index (χ1) is 11.3. The maximum Gasteiger partial charge on any atom is 0.434 e. The number of hydrogen-bond acceptors (Lipinski definition) is 8. The molecule has 1 rings (SSSR count). The van der Waals surface area contributed by atoms with E-state index in [1.54, 1.807) is 6.92 Å². The van der Waals surface area contributed by atoms with Gasteiger partial charge in [0.05, 0.1) is 19.8 Å². The molecule has 3 atom stereocenters. The van der Waals surface area contributed by atoms with Crippen LogP contribution in [0.2, 0.25) is 0 Å². The van der Waals surface area contributed by atoms with Crippen LogP contribution in [0.3, 0.4) is 0 Å². The van der Waals surface area contributed by atoms with Gasteiger partial charge in [-0.3, -0.25) is 4.79 Å². The number of ether oxygens (including phenoxy) is 1. The molecule has 0 spiro atoms. The highest BCUT2D eigenvalue weighted by atomic mass is 16.6. The number of nitrogens with two attached hydrogens (primary N) is 1. The standard InChI is InChI=1S/C14H25N5O5/c1-9(5-15)4-12(13(21)24-3)16-7-11(20)8-18-10(2)6-17-14(18)19(22)23/h6,9,11-12,16,20H,4-5,7-8,15H2,1-3H3. The third-order valence-corrected chi connectivity index (χ3v) is 3.72. The molecule has 136 valence electrons. The van der Waals surface area contributed by atoms with E-state index in [0.29, 0.717) is 18.7 Å². The Morgan fingerprint density at radius 2 is 2.29 bits per heavy atom. The second-order valence-electron chi connectivity index (χ2n) is 5.78. The van der Waals surface area contributed by atoms with E-state index >= 15 is 0 Å². The number of nitrogens with one attached hydrogen (secondary N) is 1. The SMILES string of the molecule is COC(=O)C(CC(C)CN)NCC(O)Cn1c(C)cnc1[N+](=O)[O-]. The number of aliphatic hydroxyl groups is 1. The first-order valence-corrected chi connectivity index (χ1v) is 7.66. The number of nitro groups is 1. The summed E-state index contributed by atoms with van der Waals surface area (Å²) < 4.78 is 6.06. The van der Waals surface area contributed by atoms with Gasteiger partial charge in [-0.25, -0.2) is 4.57 Å². The van der Waals surface area contributed by atoms with Gasteiger partial charge < -0.3 is 31.0 Å². The fourth-order valence-electron chi connectivity index (χ4n) is 2.28. The Kier molecular flexibility index (Phi) is 7.75. The van der Waals surface area contributed by atoms with E-state index in [2.05, 4.69) is 10.3 Å². The summed E-state index contributed by atoms with van der Waals surface area (Å²) in [5.41, 5.74) is 6.14. The van der Waals surface area contributed by atoms with Crippen molar-refractivity contribution in [3.63, 3.8) is 0 Å². The number of carbonyl (C=O) groups is 1. The molecule has 10 nitrogen and oxygen atoms in total. The summed E-state index contributed by atoms with van der Waals surface area (Å²) in [6.07, 6.45) is 0.912. The Balaban J connectivity index is 2.66. The molecule has 0 aromatic carbocycles. The van der Waals surface area contributed by atoms with Crippen LogP contribution in [0.4, 0.5) is 5.95 Å². The first kappa shape index (κ1) is 20.0. The van der Waals surface area contributed by atoms with Gasteiger partial charge in [0, 0.05) is 6.54 Å². The predicted molar refractivity (Wildman–Crippen MR) is 86.3 cm³/mol. The fraction of sp³-hybridized carbons (Fsp3) is 0.714. The smallest absolute Gasteiger partial charge is 0.434 e. The van der Waals surface area contributed by atoms with Gasteiger partial charge in [0.1, 0.15) is 17.9 Å². The molecule has 24 heavy (non-hydrogen) atoms. The summed E-state index contributed by atoms with van der Waals surface area (Å²) in [6.45, 7) is 4.08. The number of esters is 1. The highest BCUT2D eigenvalue weighted by Gasteiger charge is 2.24. The van der Waals surface area contributed by atoms with Gasteiger partial charge in [0.15, 0.2) is 0 Å². The van der Waals surface area contributed by atoms with Gasteiger partial charge in [0.25, 0.3) is 0 Å². The van der Waals surface area contributed by atoms with Crippen LogP contribution in [0.5, 0.6) is 0 Å². The molecule has 0 saturated heterocycles. The number of aliphatic hydroxyl groups excluding tert-OH is 1. The van der Waals surface area contributed by atoms with Gasteiger partial charge in [-0.2, -0.15) is 0 Å². The van der Waals surface area contributed by atoms with E-state index in [0.717, 1.165) is 0 Å². The summed E-state index contributed by atoms with van der Waals surface area (Å²) >= 11 is 0. The maximum atomic E-state index is 11.8. The molecule has 0 aliphatic heterocycles. The number of hydrogen-bond donors (Lipinski definition) is 3. The van der Waals surface area contributed by atoms with Crippen LogP contribution in [-0.2, 0) is 16.1 Å². The van der Waals surface area contributed by atoms with Gasteiger partial charge >= 0.3 is 11.9 Å². The second-order valence-corrected chi connectivity index (χ2v) is 5.78. The average Bonchev–Trinajstić information content (AvgIpc) is 2.91. The molecule has 1 heterocycles. The van der Waals surface area contributed by atoms with Crippen LogP contribution >= 0.6 is 0 Å². The lowest BCUT2D eigenvalue weighted by atomic mass is 10.0. The van der Waals surface area contributed by atoms with Gasteiger partial charge in [-0.15, -0.1) is 0 Å². The molecule has 0 aliphatic carbocycles. The summed E-state index contributed by atoms with van der Waals surface area (Å²) in [7, 11) is 1.29. The Labute approximate surface area is 140 Å². The monoisotopic (exact) mass is 343 g/mol. The highest BCUT2D eigenvalue weighted by Crippen LogP contribution is 2.13.